The van der Waals surface area contributed by atoms with Crippen molar-refractivity contribution in [2.75, 3.05) is 0 Å². The number of rotatable bonds is 3. The van der Waals surface area contributed by atoms with Gasteiger partial charge in [0.25, 0.3) is 0 Å². The van der Waals surface area contributed by atoms with E-state index in [1.54, 1.807) is 4.90 Å². The SMILES string of the molecule is CCC[C@@H]1CCCC[C@H](C=O)N1C(=O)OC(C)(C)C. The van der Waals surface area contributed by atoms with Gasteiger partial charge in [0.1, 0.15) is 11.9 Å². The van der Waals surface area contributed by atoms with E-state index in [0.717, 1.165) is 44.8 Å². The van der Waals surface area contributed by atoms with Crippen LogP contribution in [0.2, 0.25) is 0 Å². The predicted molar refractivity (Wildman–Crippen MR) is 75.1 cm³/mol. The monoisotopic (exact) mass is 269 g/mol. The Morgan fingerprint density at radius 1 is 1.32 bits per heavy atom. The van der Waals surface area contributed by atoms with Gasteiger partial charge in [-0.25, -0.2) is 4.79 Å². The molecule has 110 valence electrons. The van der Waals surface area contributed by atoms with Crippen molar-refractivity contribution in [1.82, 2.24) is 4.90 Å². The van der Waals surface area contributed by atoms with Gasteiger partial charge in [-0.2, -0.15) is 0 Å². The Morgan fingerprint density at radius 3 is 2.47 bits per heavy atom. The summed E-state index contributed by atoms with van der Waals surface area (Å²) in [5, 5.41) is 0. The van der Waals surface area contributed by atoms with Crippen molar-refractivity contribution in [3.8, 4) is 0 Å². The molecular weight excluding hydrogens is 242 g/mol. The lowest BCUT2D eigenvalue weighted by Crippen LogP contribution is -2.49. The van der Waals surface area contributed by atoms with E-state index in [0.29, 0.717) is 0 Å². The van der Waals surface area contributed by atoms with Gasteiger partial charge in [-0.05, 0) is 40.0 Å². The topological polar surface area (TPSA) is 46.6 Å². The molecule has 0 aromatic rings. The van der Waals surface area contributed by atoms with Crippen LogP contribution in [0, 0.1) is 0 Å². The summed E-state index contributed by atoms with van der Waals surface area (Å²) in [6.07, 6.45) is 6.30. The molecule has 1 heterocycles. The highest BCUT2D eigenvalue weighted by Gasteiger charge is 2.34. The summed E-state index contributed by atoms with van der Waals surface area (Å²) in [7, 11) is 0. The van der Waals surface area contributed by atoms with Gasteiger partial charge in [-0.15, -0.1) is 0 Å². The highest BCUT2D eigenvalue weighted by atomic mass is 16.6. The minimum atomic E-state index is -0.520. The maximum absolute atomic E-state index is 12.4. The van der Waals surface area contributed by atoms with Crippen molar-refractivity contribution in [2.45, 2.75) is 83.9 Å². The van der Waals surface area contributed by atoms with E-state index in [-0.39, 0.29) is 18.2 Å². The number of hydrogen-bond donors (Lipinski definition) is 0. The lowest BCUT2D eigenvalue weighted by Gasteiger charge is -2.35. The summed E-state index contributed by atoms with van der Waals surface area (Å²) in [6.45, 7) is 7.67. The summed E-state index contributed by atoms with van der Waals surface area (Å²) in [6, 6.07) is -0.188. The van der Waals surface area contributed by atoms with Gasteiger partial charge in [0.2, 0.25) is 0 Å². The fourth-order valence-corrected chi connectivity index (χ4v) is 2.63. The Kier molecular flexibility index (Phi) is 5.83. The fraction of sp³-hybridized carbons (Fsp3) is 0.867. The third-order valence-electron chi connectivity index (χ3n) is 3.42. The van der Waals surface area contributed by atoms with Crippen molar-refractivity contribution >= 4 is 12.4 Å². The fourth-order valence-electron chi connectivity index (χ4n) is 2.63. The molecule has 0 saturated carbocycles. The Balaban J connectivity index is 2.89. The van der Waals surface area contributed by atoms with Crippen LogP contribution in [0.5, 0.6) is 0 Å². The van der Waals surface area contributed by atoms with Crippen LogP contribution in [0.3, 0.4) is 0 Å². The number of carbonyl (C=O) groups excluding carboxylic acids is 2. The molecule has 1 amide bonds. The Hall–Kier alpha value is -1.06. The molecule has 4 heteroatoms. The highest BCUT2D eigenvalue weighted by Crippen LogP contribution is 2.26. The van der Waals surface area contributed by atoms with Crippen molar-refractivity contribution in [2.24, 2.45) is 0 Å². The number of ether oxygens (including phenoxy) is 1. The summed E-state index contributed by atoms with van der Waals surface area (Å²) in [5.41, 5.74) is -0.520. The molecule has 0 radical (unpaired) electrons. The van der Waals surface area contributed by atoms with Gasteiger partial charge in [0.05, 0.1) is 6.04 Å². The third-order valence-corrected chi connectivity index (χ3v) is 3.42. The minimum Gasteiger partial charge on any atom is -0.444 e. The van der Waals surface area contributed by atoms with Gasteiger partial charge in [0, 0.05) is 6.04 Å². The quantitative estimate of drug-likeness (QED) is 0.736. The summed E-state index contributed by atoms with van der Waals surface area (Å²) in [5.74, 6) is 0. The van der Waals surface area contributed by atoms with E-state index >= 15 is 0 Å². The second-order valence-electron chi connectivity index (χ2n) is 6.32. The van der Waals surface area contributed by atoms with Crippen LogP contribution < -0.4 is 0 Å². The van der Waals surface area contributed by atoms with E-state index in [1.807, 2.05) is 20.8 Å². The molecule has 1 saturated heterocycles. The molecule has 0 spiro atoms. The van der Waals surface area contributed by atoms with Gasteiger partial charge < -0.3 is 9.53 Å². The minimum absolute atomic E-state index is 0.137. The zero-order valence-electron chi connectivity index (χ0n) is 12.6. The molecule has 19 heavy (non-hydrogen) atoms. The third kappa shape index (κ3) is 4.84. The zero-order chi connectivity index (χ0) is 14.5. The molecule has 4 nitrogen and oxygen atoms in total. The van der Waals surface area contributed by atoms with E-state index in [4.69, 9.17) is 4.74 Å². The molecule has 2 atom stereocenters. The Labute approximate surface area is 116 Å². The van der Waals surface area contributed by atoms with Crippen LogP contribution in [0.15, 0.2) is 0 Å². The molecule has 1 aliphatic heterocycles. The lowest BCUT2D eigenvalue weighted by molar-refractivity contribution is -0.113. The van der Waals surface area contributed by atoms with E-state index in [2.05, 4.69) is 6.92 Å². The molecule has 0 aromatic heterocycles. The first-order valence-corrected chi connectivity index (χ1v) is 7.35. The van der Waals surface area contributed by atoms with Gasteiger partial charge in [-0.3, -0.25) is 4.90 Å². The van der Waals surface area contributed by atoms with Crippen molar-refractivity contribution in [1.29, 1.82) is 0 Å². The summed E-state index contributed by atoms with van der Waals surface area (Å²) < 4.78 is 5.47. The Morgan fingerprint density at radius 2 is 1.95 bits per heavy atom. The molecular formula is C15H27NO3. The first-order valence-electron chi connectivity index (χ1n) is 7.35. The van der Waals surface area contributed by atoms with E-state index in [9.17, 15) is 9.59 Å². The van der Waals surface area contributed by atoms with Crippen molar-refractivity contribution in [3.05, 3.63) is 0 Å². The van der Waals surface area contributed by atoms with Crippen LogP contribution in [0.4, 0.5) is 4.79 Å². The highest BCUT2D eigenvalue weighted by molar-refractivity contribution is 5.74. The number of carbonyl (C=O) groups is 2. The maximum Gasteiger partial charge on any atom is 0.411 e. The first-order chi connectivity index (χ1) is 8.89. The molecule has 1 aliphatic rings. The smallest absolute Gasteiger partial charge is 0.411 e. The van der Waals surface area contributed by atoms with Gasteiger partial charge >= 0.3 is 6.09 Å². The number of amides is 1. The first kappa shape index (κ1) is 16.0. The average molecular weight is 269 g/mol. The second-order valence-corrected chi connectivity index (χ2v) is 6.32. The molecule has 0 aromatic carbocycles. The van der Waals surface area contributed by atoms with Crippen LogP contribution in [0.25, 0.3) is 0 Å². The van der Waals surface area contributed by atoms with Gasteiger partial charge in [0.15, 0.2) is 0 Å². The summed E-state index contributed by atoms with van der Waals surface area (Å²) >= 11 is 0. The molecule has 0 aliphatic carbocycles. The maximum atomic E-state index is 12.4. The number of nitrogens with zero attached hydrogens (tertiary/aromatic N) is 1. The molecule has 0 unspecified atom stereocenters. The molecule has 1 fully saturated rings. The van der Waals surface area contributed by atoms with E-state index in [1.165, 1.54) is 0 Å². The largest absolute Gasteiger partial charge is 0.444 e. The molecule has 1 rings (SSSR count). The standard InChI is InChI=1S/C15H27NO3/c1-5-8-12-9-6-7-10-13(11-17)16(12)14(18)19-15(2,3)4/h11-13H,5-10H2,1-4H3/t12-,13-/m1/s1. The van der Waals surface area contributed by atoms with Crippen molar-refractivity contribution in [3.63, 3.8) is 0 Å². The number of aldehydes is 1. The van der Waals surface area contributed by atoms with Gasteiger partial charge in [-0.1, -0.05) is 26.2 Å². The van der Waals surface area contributed by atoms with Crippen LogP contribution in [-0.4, -0.2) is 35.0 Å². The molecule has 0 N–H and O–H groups in total. The van der Waals surface area contributed by atoms with E-state index < -0.39 is 5.60 Å². The second kappa shape index (κ2) is 6.92. The summed E-state index contributed by atoms with van der Waals surface area (Å²) in [4.78, 5) is 25.3. The number of hydrogen-bond acceptors (Lipinski definition) is 3. The van der Waals surface area contributed by atoms with Crippen LogP contribution in [0.1, 0.15) is 66.2 Å². The van der Waals surface area contributed by atoms with Crippen molar-refractivity contribution < 1.29 is 14.3 Å². The normalized spacial score (nSPS) is 24.7. The van der Waals surface area contributed by atoms with Crippen LogP contribution in [-0.2, 0) is 9.53 Å². The Bertz CT molecular complexity index is 309. The number of likely N-dealkylation sites (tertiary alicyclic amines) is 1. The molecule has 0 bridgehead atoms. The zero-order valence-corrected chi connectivity index (χ0v) is 12.6. The lowest BCUT2D eigenvalue weighted by atomic mass is 10.1. The predicted octanol–water partition coefficient (Wildman–Crippen LogP) is 3.53. The van der Waals surface area contributed by atoms with Crippen LogP contribution >= 0.6 is 0 Å². The average Bonchev–Trinajstić information content (AvgIpc) is 2.49.